The molecule has 8 heteroatoms. The number of nitrogens with zero attached hydrogens (tertiary/aromatic N) is 2. The van der Waals surface area contributed by atoms with Gasteiger partial charge in [0.05, 0.1) is 32.3 Å². The fourth-order valence-corrected chi connectivity index (χ4v) is 3.51. The van der Waals surface area contributed by atoms with Gasteiger partial charge in [-0.25, -0.2) is 4.99 Å². The molecule has 5 nitrogen and oxygen atoms in total. The molecule has 0 fully saturated rings. The largest absolute Gasteiger partial charge is 0.496 e. The summed E-state index contributed by atoms with van der Waals surface area (Å²) in [6.45, 7) is 3.23. The summed E-state index contributed by atoms with van der Waals surface area (Å²) in [5, 5.41) is 12.9. The Morgan fingerprint density at radius 2 is 1.76 bits per heavy atom. The van der Waals surface area contributed by atoms with Crippen molar-refractivity contribution in [3.63, 3.8) is 0 Å². The predicted octanol–water partition coefficient (Wildman–Crippen LogP) is 5.74. The van der Waals surface area contributed by atoms with Gasteiger partial charge in [-0.15, -0.1) is 0 Å². The van der Waals surface area contributed by atoms with Crippen molar-refractivity contribution in [3.05, 3.63) is 71.3 Å². The van der Waals surface area contributed by atoms with Crippen molar-refractivity contribution >= 4 is 22.8 Å². The van der Waals surface area contributed by atoms with Crippen LogP contribution in [0.4, 0.5) is 18.9 Å². The van der Waals surface area contributed by atoms with E-state index in [1.54, 1.807) is 19.3 Å². The van der Waals surface area contributed by atoms with Crippen molar-refractivity contribution in [2.24, 2.45) is 4.99 Å². The van der Waals surface area contributed by atoms with Crippen LogP contribution in [0.2, 0.25) is 0 Å². The molecule has 3 rings (SSSR count). The van der Waals surface area contributed by atoms with E-state index in [0.717, 1.165) is 17.3 Å². The molecule has 0 amide bonds. The first kappa shape index (κ1) is 25.5. The molecule has 0 radical (unpaired) electrons. The number of rotatable bonds is 9. The van der Waals surface area contributed by atoms with Gasteiger partial charge in [0.2, 0.25) is 5.60 Å². The SMILES string of the molecule is CCN(C)C=Nc1cc(OC)c(C(O)(COCc2ccc3ccccc3c2)C(F)(F)F)cc1C. The number of benzene rings is 3. The van der Waals surface area contributed by atoms with Crippen molar-refractivity contribution in [1.82, 2.24) is 4.90 Å². The molecule has 3 aromatic rings. The summed E-state index contributed by atoms with van der Waals surface area (Å²) < 4.78 is 53.1. The molecule has 182 valence electrons. The highest BCUT2D eigenvalue weighted by molar-refractivity contribution is 5.82. The Labute approximate surface area is 197 Å². The van der Waals surface area contributed by atoms with Gasteiger partial charge in [0, 0.05) is 25.2 Å². The number of aliphatic imine (C=N–C) groups is 1. The molecule has 1 atom stereocenters. The second-order valence-corrected chi connectivity index (χ2v) is 8.19. The Bertz CT molecular complexity index is 1160. The number of halogens is 3. The van der Waals surface area contributed by atoms with E-state index >= 15 is 0 Å². The minimum absolute atomic E-state index is 0.0871. The van der Waals surface area contributed by atoms with Gasteiger partial charge in [0.1, 0.15) is 5.75 Å². The Hall–Kier alpha value is -3.10. The van der Waals surface area contributed by atoms with E-state index in [2.05, 4.69) is 4.99 Å². The van der Waals surface area contributed by atoms with Crippen molar-refractivity contribution in [2.75, 3.05) is 27.3 Å². The third kappa shape index (κ3) is 5.51. The zero-order valence-electron chi connectivity index (χ0n) is 19.7. The average Bonchev–Trinajstić information content (AvgIpc) is 2.81. The quantitative estimate of drug-likeness (QED) is 0.318. The summed E-state index contributed by atoms with van der Waals surface area (Å²) in [5.74, 6) is -0.119. The van der Waals surface area contributed by atoms with Gasteiger partial charge in [-0.3, -0.25) is 0 Å². The van der Waals surface area contributed by atoms with Crippen LogP contribution in [-0.4, -0.2) is 49.8 Å². The van der Waals surface area contributed by atoms with E-state index in [9.17, 15) is 18.3 Å². The maximum Gasteiger partial charge on any atom is 0.423 e. The van der Waals surface area contributed by atoms with Crippen molar-refractivity contribution < 1.29 is 27.8 Å². The number of hydrogen-bond acceptors (Lipinski definition) is 4. The zero-order valence-corrected chi connectivity index (χ0v) is 19.7. The molecule has 1 unspecified atom stereocenters. The molecule has 0 saturated heterocycles. The summed E-state index contributed by atoms with van der Waals surface area (Å²) >= 11 is 0. The number of aryl methyl sites for hydroxylation is 1. The molecule has 0 saturated carbocycles. The molecule has 0 aromatic heterocycles. The molecule has 0 spiro atoms. The van der Waals surface area contributed by atoms with Gasteiger partial charge in [0.25, 0.3) is 0 Å². The third-order valence-electron chi connectivity index (χ3n) is 5.72. The van der Waals surface area contributed by atoms with E-state index < -0.39 is 23.9 Å². The minimum Gasteiger partial charge on any atom is -0.496 e. The lowest BCUT2D eigenvalue weighted by Crippen LogP contribution is -2.46. The van der Waals surface area contributed by atoms with Crippen LogP contribution in [0.1, 0.15) is 23.6 Å². The first-order valence-electron chi connectivity index (χ1n) is 10.9. The summed E-state index contributed by atoms with van der Waals surface area (Å²) in [6.07, 6.45) is -3.41. The molecule has 34 heavy (non-hydrogen) atoms. The van der Waals surface area contributed by atoms with Gasteiger partial charge in [-0.1, -0.05) is 36.4 Å². The monoisotopic (exact) mass is 474 g/mol. The first-order valence-corrected chi connectivity index (χ1v) is 10.9. The lowest BCUT2D eigenvalue weighted by atomic mass is 9.91. The van der Waals surface area contributed by atoms with Crippen LogP contribution in [0.25, 0.3) is 10.8 Å². The van der Waals surface area contributed by atoms with Crippen LogP contribution in [0.3, 0.4) is 0 Å². The highest BCUT2D eigenvalue weighted by Crippen LogP contribution is 2.45. The number of aliphatic hydroxyl groups is 1. The Morgan fingerprint density at radius 3 is 2.41 bits per heavy atom. The maximum absolute atomic E-state index is 14.2. The lowest BCUT2D eigenvalue weighted by Gasteiger charge is -2.32. The molecule has 3 aromatic carbocycles. The fraction of sp³-hybridized carbons (Fsp3) is 0.346. The zero-order chi connectivity index (χ0) is 24.9. The summed E-state index contributed by atoms with van der Waals surface area (Å²) in [5.41, 5.74) is -2.06. The first-order chi connectivity index (χ1) is 16.1. The molecule has 0 aliphatic carbocycles. The van der Waals surface area contributed by atoms with Gasteiger partial charge < -0.3 is 19.5 Å². The molecular weight excluding hydrogens is 445 g/mol. The number of hydrogen-bond donors (Lipinski definition) is 1. The van der Waals surface area contributed by atoms with Gasteiger partial charge >= 0.3 is 6.18 Å². The molecule has 0 aliphatic rings. The van der Waals surface area contributed by atoms with E-state index in [0.29, 0.717) is 16.8 Å². The van der Waals surface area contributed by atoms with E-state index in [-0.39, 0.29) is 12.4 Å². The number of methoxy groups -OCH3 is 1. The van der Waals surface area contributed by atoms with Gasteiger partial charge in [-0.05, 0) is 47.9 Å². The Balaban J connectivity index is 1.88. The van der Waals surface area contributed by atoms with Crippen LogP contribution >= 0.6 is 0 Å². The van der Waals surface area contributed by atoms with Gasteiger partial charge in [-0.2, -0.15) is 13.2 Å². The Kier molecular flexibility index (Phi) is 7.84. The normalized spacial score (nSPS) is 13.9. The summed E-state index contributed by atoms with van der Waals surface area (Å²) in [7, 11) is 3.09. The number of alkyl halides is 3. The highest BCUT2D eigenvalue weighted by Gasteiger charge is 2.56. The van der Waals surface area contributed by atoms with E-state index in [4.69, 9.17) is 9.47 Å². The second-order valence-electron chi connectivity index (χ2n) is 8.19. The molecule has 0 aliphatic heterocycles. The van der Waals surface area contributed by atoms with E-state index in [1.165, 1.54) is 19.2 Å². The molecular formula is C26H29F3N2O3. The fourth-order valence-electron chi connectivity index (χ4n) is 3.51. The standard InChI is InChI=1S/C26H29F3N2O3/c1-5-31(3)17-30-23-14-24(33-4)22(12-18(23)2)25(32,26(27,28)29)16-34-15-19-10-11-20-8-6-7-9-21(20)13-19/h6-14,17,32H,5,15-16H2,1-4H3. The smallest absolute Gasteiger partial charge is 0.423 e. The molecule has 0 bridgehead atoms. The highest BCUT2D eigenvalue weighted by atomic mass is 19.4. The van der Waals surface area contributed by atoms with E-state index in [1.807, 2.05) is 55.3 Å². The van der Waals surface area contributed by atoms with Gasteiger partial charge in [0.15, 0.2) is 0 Å². The number of fused-ring (bicyclic) bond motifs is 1. The Morgan fingerprint density at radius 1 is 1.06 bits per heavy atom. The predicted molar refractivity (Wildman–Crippen MR) is 128 cm³/mol. The number of ether oxygens (including phenoxy) is 2. The minimum atomic E-state index is -5.00. The molecule has 1 N–H and O–H groups in total. The molecule has 0 heterocycles. The van der Waals surface area contributed by atoms with Crippen LogP contribution in [0.5, 0.6) is 5.75 Å². The van der Waals surface area contributed by atoms with Crippen molar-refractivity contribution in [2.45, 2.75) is 32.2 Å². The topological polar surface area (TPSA) is 54.3 Å². The van der Waals surface area contributed by atoms with Crippen LogP contribution in [0.15, 0.2) is 59.6 Å². The summed E-state index contributed by atoms with van der Waals surface area (Å²) in [4.78, 5) is 6.15. The second kappa shape index (κ2) is 10.4. The maximum atomic E-state index is 14.2. The van der Waals surface area contributed by atoms with Crippen LogP contribution in [0, 0.1) is 6.92 Å². The van der Waals surface area contributed by atoms with Crippen LogP contribution in [-0.2, 0) is 16.9 Å². The average molecular weight is 475 g/mol. The van der Waals surface area contributed by atoms with Crippen molar-refractivity contribution in [1.29, 1.82) is 0 Å². The summed E-state index contributed by atoms with van der Waals surface area (Å²) in [6, 6.07) is 15.8. The van der Waals surface area contributed by atoms with Crippen molar-refractivity contribution in [3.8, 4) is 5.75 Å². The third-order valence-corrected chi connectivity index (χ3v) is 5.72. The van der Waals surface area contributed by atoms with Crippen LogP contribution < -0.4 is 4.74 Å². The lowest BCUT2D eigenvalue weighted by molar-refractivity contribution is -0.283.